The van der Waals surface area contributed by atoms with Gasteiger partial charge in [0.05, 0.1) is 11.9 Å². The Morgan fingerprint density at radius 3 is 2.40 bits per heavy atom. The van der Waals surface area contributed by atoms with E-state index in [1.807, 2.05) is 17.0 Å². The number of carbonyl (C=O) groups is 2. The Morgan fingerprint density at radius 1 is 1.14 bits per heavy atom. The summed E-state index contributed by atoms with van der Waals surface area (Å²) < 4.78 is 48.4. The van der Waals surface area contributed by atoms with Crippen molar-refractivity contribution in [2.24, 2.45) is 0 Å². The Morgan fingerprint density at radius 2 is 1.83 bits per heavy atom. The number of alkyl halides is 3. The summed E-state index contributed by atoms with van der Waals surface area (Å²) in [6.07, 6.45) is -3.13. The predicted octanol–water partition coefficient (Wildman–Crippen LogP) is 3.59. The van der Waals surface area contributed by atoms with Gasteiger partial charge in [0.15, 0.2) is 11.7 Å². The van der Waals surface area contributed by atoms with Crippen LogP contribution in [0.15, 0.2) is 36.8 Å². The molecule has 1 aromatic heterocycles. The molecule has 1 saturated heterocycles. The zero-order chi connectivity index (χ0) is 25.8. The van der Waals surface area contributed by atoms with Crippen LogP contribution in [0.5, 0.6) is 5.75 Å². The van der Waals surface area contributed by atoms with E-state index in [2.05, 4.69) is 14.7 Å². The summed E-state index contributed by atoms with van der Waals surface area (Å²) in [6, 6.07) is 5.34. The highest BCUT2D eigenvalue weighted by Gasteiger charge is 2.40. The van der Waals surface area contributed by atoms with Crippen molar-refractivity contribution in [2.75, 3.05) is 26.2 Å². The fraction of sp³-hybridized carbons (Fsp3) is 0.478. The number of ether oxygens (including phenoxy) is 2. The number of hydrogen-bond acceptors (Lipinski definition) is 7. The second kappa shape index (κ2) is 10.5. The number of benzene rings is 1. The molecule has 0 bridgehead atoms. The standard InChI is InChI=1S/C23H27F3N4O5/c1-15(23(24,25)26)34-21(33)30-10-8-29(9-11-30)14-17-5-4-16(18-13-27-6-7-28-18)12-19(17)35-22(2,3)20(31)32/h4-7,12-13,15H,8-11,14H2,1-3H3,(H,31,32). The molecule has 0 spiro atoms. The first-order valence-corrected chi connectivity index (χ1v) is 10.9. The molecule has 0 aliphatic carbocycles. The lowest BCUT2D eigenvalue weighted by molar-refractivity contribution is -0.200. The lowest BCUT2D eigenvalue weighted by Crippen LogP contribution is -2.49. The van der Waals surface area contributed by atoms with Gasteiger partial charge in [-0.1, -0.05) is 12.1 Å². The highest BCUT2D eigenvalue weighted by molar-refractivity contribution is 5.77. The van der Waals surface area contributed by atoms with Crippen LogP contribution in [0.25, 0.3) is 11.3 Å². The van der Waals surface area contributed by atoms with Crippen molar-refractivity contribution in [1.82, 2.24) is 19.8 Å². The van der Waals surface area contributed by atoms with E-state index < -0.39 is 29.9 Å². The SMILES string of the molecule is CC(OC(=O)N1CCN(Cc2ccc(-c3cnccn3)cc2OC(C)(C)C(=O)O)CC1)C(F)(F)F. The zero-order valence-corrected chi connectivity index (χ0v) is 19.6. The molecule has 1 unspecified atom stereocenters. The fourth-order valence-corrected chi connectivity index (χ4v) is 3.33. The number of carboxylic acids is 1. The minimum absolute atomic E-state index is 0.192. The van der Waals surface area contributed by atoms with E-state index in [9.17, 15) is 27.9 Å². The summed E-state index contributed by atoms with van der Waals surface area (Å²) in [4.78, 5) is 35.3. The molecule has 0 radical (unpaired) electrons. The third-order valence-electron chi connectivity index (χ3n) is 5.57. The highest BCUT2D eigenvalue weighted by atomic mass is 19.4. The van der Waals surface area contributed by atoms with E-state index >= 15 is 0 Å². The van der Waals surface area contributed by atoms with E-state index in [0.29, 0.717) is 42.2 Å². The van der Waals surface area contributed by atoms with Crippen molar-refractivity contribution in [3.8, 4) is 17.0 Å². The van der Waals surface area contributed by atoms with Crippen LogP contribution in [0.2, 0.25) is 0 Å². The summed E-state index contributed by atoms with van der Waals surface area (Å²) in [5, 5.41) is 9.52. The smallest absolute Gasteiger partial charge is 0.425 e. The molecule has 2 aromatic rings. The van der Waals surface area contributed by atoms with Crippen molar-refractivity contribution in [3.63, 3.8) is 0 Å². The monoisotopic (exact) mass is 496 g/mol. The molecule has 1 atom stereocenters. The second-order valence-electron chi connectivity index (χ2n) is 8.66. The fourth-order valence-electron chi connectivity index (χ4n) is 3.33. The predicted molar refractivity (Wildman–Crippen MR) is 119 cm³/mol. The van der Waals surface area contributed by atoms with E-state index in [-0.39, 0.29) is 13.1 Å². The summed E-state index contributed by atoms with van der Waals surface area (Å²) in [5.74, 6) is -0.769. The van der Waals surface area contributed by atoms with E-state index in [1.54, 1.807) is 24.7 Å². The Hall–Kier alpha value is -3.41. The van der Waals surface area contributed by atoms with Crippen LogP contribution in [-0.4, -0.2) is 81.0 Å². The molecule has 190 valence electrons. The van der Waals surface area contributed by atoms with Crippen LogP contribution in [-0.2, 0) is 16.1 Å². The average Bonchev–Trinajstić information content (AvgIpc) is 2.80. The minimum Gasteiger partial charge on any atom is -0.478 e. The number of aliphatic carboxylic acids is 1. The maximum Gasteiger partial charge on any atom is 0.425 e. The highest BCUT2D eigenvalue weighted by Crippen LogP contribution is 2.30. The summed E-state index contributed by atoms with van der Waals surface area (Å²) in [7, 11) is 0. The lowest BCUT2D eigenvalue weighted by atomic mass is 10.1. The molecule has 3 rings (SSSR count). The average molecular weight is 496 g/mol. The normalized spacial score (nSPS) is 16.0. The molecule has 12 heteroatoms. The van der Waals surface area contributed by atoms with Gasteiger partial charge in [0.25, 0.3) is 0 Å². The summed E-state index contributed by atoms with van der Waals surface area (Å²) >= 11 is 0. The van der Waals surface area contributed by atoms with Crippen LogP contribution < -0.4 is 4.74 Å². The number of nitrogens with zero attached hydrogens (tertiary/aromatic N) is 4. The lowest BCUT2D eigenvalue weighted by Gasteiger charge is -2.35. The van der Waals surface area contributed by atoms with Crippen molar-refractivity contribution >= 4 is 12.1 Å². The zero-order valence-electron chi connectivity index (χ0n) is 19.6. The van der Waals surface area contributed by atoms with E-state index in [4.69, 9.17) is 4.74 Å². The molecule has 35 heavy (non-hydrogen) atoms. The summed E-state index contributed by atoms with van der Waals surface area (Å²) in [6.45, 7) is 5.23. The number of piperazine rings is 1. The van der Waals surface area contributed by atoms with E-state index in [0.717, 1.165) is 6.92 Å². The third-order valence-corrected chi connectivity index (χ3v) is 5.57. The first-order valence-electron chi connectivity index (χ1n) is 10.9. The van der Waals surface area contributed by atoms with Gasteiger partial charge in [-0.2, -0.15) is 13.2 Å². The van der Waals surface area contributed by atoms with Crippen molar-refractivity contribution < 1.29 is 37.3 Å². The second-order valence-corrected chi connectivity index (χ2v) is 8.66. The number of hydrogen-bond donors (Lipinski definition) is 1. The molecule has 1 aliphatic heterocycles. The Balaban J connectivity index is 1.71. The number of rotatable bonds is 7. The van der Waals surface area contributed by atoms with Gasteiger partial charge in [0.2, 0.25) is 0 Å². The van der Waals surface area contributed by atoms with Gasteiger partial charge in [0, 0.05) is 56.2 Å². The number of halogens is 3. The molecule has 1 aliphatic rings. The molecule has 2 heterocycles. The van der Waals surface area contributed by atoms with Crippen molar-refractivity contribution in [1.29, 1.82) is 0 Å². The van der Waals surface area contributed by atoms with Gasteiger partial charge in [-0.05, 0) is 26.8 Å². The number of carbonyl (C=O) groups excluding carboxylic acids is 1. The van der Waals surface area contributed by atoms with Crippen LogP contribution in [0.1, 0.15) is 26.3 Å². The van der Waals surface area contributed by atoms with Gasteiger partial charge >= 0.3 is 18.2 Å². The third kappa shape index (κ3) is 6.81. The van der Waals surface area contributed by atoms with Crippen molar-refractivity contribution in [3.05, 3.63) is 42.4 Å². The largest absolute Gasteiger partial charge is 0.478 e. The van der Waals surface area contributed by atoms with Gasteiger partial charge in [-0.3, -0.25) is 14.9 Å². The number of amides is 1. The molecular weight excluding hydrogens is 469 g/mol. The maximum atomic E-state index is 12.7. The molecular formula is C23H27F3N4O5. The Labute approximate surface area is 200 Å². The van der Waals surface area contributed by atoms with Crippen molar-refractivity contribution in [2.45, 2.75) is 45.2 Å². The van der Waals surface area contributed by atoms with E-state index in [1.165, 1.54) is 18.7 Å². The molecule has 1 N–H and O–H groups in total. The maximum absolute atomic E-state index is 12.7. The quantitative estimate of drug-likeness (QED) is 0.620. The molecule has 1 aromatic carbocycles. The number of carboxylic acid groups (broad SMARTS) is 1. The first-order chi connectivity index (χ1) is 16.4. The van der Waals surface area contributed by atoms with Gasteiger partial charge in [-0.15, -0.1) is 0 Å². The van der Waals surface area contributed by atoms with Gasteiger partial charge in [0.1, 0.15) is 5.75 Å². The van der Waals surface area contributed by atoms with Crippen LogP contribution in [0, 0.1) is 0 Å². The van der Waals surface area contributed by atoms with Crippen LogP contribution in [0.3, 0.4) is 0 Å². The topological polar surface area (TPSA) is 105 Å². The van der Waals surface area contributed by atoms with Gasteiger partial charge < -0.3 is 19.5 Å². The molecule has 9 nitrogen and oxygen atoms in total. The van der Waals surface area contributed by atoms with Crippen LogP contribution in [0.4, 0.5) is 18.0 Å². The van der Waals surface area contributed by atoms with Crippen LogP contribution >= 0.6 is 0 Å². The Bertz CT molecular complexity index is 1040. The minimum atomic E-state index is -4.62. The van der Waals surface area contributed by atoms with Gasteiger partial charge in [-0.25, -0.2) is 9.59 Å². The first kappa shape index (κ1) is 26.2. The molecule has 1 fully saturated rings. The molecule has 1 amide bonds. The summed E-state index contributed by atoms with van der Waals surface area (Å²) in [5.41, 5.74) is 0.517. The Kier molecular flexibility index (Phi) is 7.83. The molecule has 0 saturated carbocycles. The number of aromatic nitrogens is 2.